The van der Waals surface area contributed by atoms with Crippen LogP contribution in [0.1, 0.15) is 18.4 Å². The maximum Gasteiger partial charge on any atom is 0.416 e. The van der Waals surface area contributed by atoms with Gasteiger partial charge in [0.2, 0.25) is 0 Å². The molecule has 4 rings (SSSR count). The Hall–Kier alpha value is -1.34. The van der Waals surface area contributed by atoms with Crippen molar-refractivity contribution in [1.29, 1.82) is 0 Å². The minimum atomic E-state index is -4.34. The van der Waals surface area contributed by atoms with Crippen molar-refractivity contribution in [2.75, 3.05) is 38.6 Å². The highest BCUT2D eigenvalue weighted by Gasteiger charge is 2.63. The number of ether oxygens (including phenoxy) is 1. The van der Waals surface area contributed by atoms with E-state index in [2.05, 4.69) is 24.0 Å². The number of halogens is 3. The van der Waals surface area contributed by atoms with Gasteiger partial charge < -0.3 is 14.5 Å². The lowest BCUT2D eigenvalue weighted by Crippen LogP contribution is -2.40. The topological polar surface area (TPSA) is 28.6 Å². The minimum absolute atomic E-state index is 0.193. The molecule has 0 saturated carbocycles. The molecule has 1 aromatic rings. The molecule has 4 nitrogen and oxygen atoms in total. The van der Waals surface area contributed by atoms with Gasteiger partial charge in [0.05, 0.1) is 17.3 Å². The van der Waals surface area contributed by atoms with Gasteiger partial charge in [0.25, 0.3) is 0 Å². The normalized spacial score (nSPS) is 35.1. The van der Waals surface area contributed by atoms with Crippen LogP contribution in [0, 0.1) is 11.8 Å². The van der Waals surface area contributed by atoms with Gasteiger partial charge in [-0.25, -0.2) is 4.98 Å². The van der Waals surface area contributed by atoms with E-state index in [-0.39, 0.29) is 5.60 Å². The molecule has 0 radical (unpaired) electrons. The van der Waals surface area contributed by atoms with E-state index in [1.54, 1.807) is 0 Å². The lowest BCUT2D eigenvalue weighted by molar-refractivity contribution is -0.137. The molecule has 3 fully saturated rings. The Bertz CT molecular complexity index is 636. The second kappa shape index (κ2) is 5.33. The second-order valence-corrected chi connectivity index (χ2v) is 7.57. The fourth-order valence-corrected chi connectivity index (χ4v) is 4.80. The minimum Gasteiger partial charge on any atom is -0.369 e. The molecule has 3 aliphatic heterocycles. The number of aromatic nitrogens is 1. The lowest BCUT2D eigenvalue weighted by atomic mass is 9.73. The number of fused-ring (bicyclic) bond motifs is 1. The third-order valence-electron chi connectivity index (χ3n) is 5.76. The molecule has 3 saturated heterocycles. The van der Waals surface area contributed by atoms with Crippen molar-refractivity contribution >= 4 is 5.82 Å². The number of hydrogen-bond acceptors (Lipinski definition) is 4. The van der Waals surface area contributed by atoms with Crippen molar-refractivity contribution in [1.82, 2.24) is 9.88 Å². The van der Waals surface area contributed by atoms with Gasteiger partial charge in [-0.3, -0.25) is 0 Å². The largest absolute Gasteiger partial charge is 0.416 e. The van der Waals surface area contributed by atoms with Gasteiger partial charge in [0, 0.05) is 37.7 Å². The summed E-state index contributed by atoms with van der Waals surface area (Å²) in [6.45, 7) is 2.33. The summed E-state index contributed by atoms with van der Waals surface area (Å²) in [5.41, 5.74) is -0.835. The number of nitrogens with zero attached hydrogens (tertiary/aromatic N) is 3. The SMILES string of the molecule is CN(C)C[C@H]1[C@H]2CN(c3cc(C(F)(F)F)ccn3)C[C@]23CC[C@H]1O3. The predicted molar refractivity (Wildman–Crippen MR) is 83.8 cm³/mol. The van der Waals surface area contributed by atoms with Crippen molar-refractivity contribution < 1.29 is 17.9 Å². The Morgan fingerprint density at radius 3 is 2.92 bits per heavy atom. The van der Waals surface area contributed by atoms with Crippen molar-refractivity contribution in [3.8, 4) is 0 Å². The van der Waals surface area contributed by atoms with E-state index in [4.69, 9.17) is 4.74 Å². The molecule has 0 aromatic carbocycles. The van der Waals surface area contributed by atoms with Crippen LogP contribution in [0.4, 0.5) is 19.0 Å². The van der Waals surface area contributed by atoms with E-state index in [1.165, 1.54) is 6.20 Å². The molecule has 0 amide bonds. The third kappa shape index (κ3) is 2.49. The van der Waals surface area contributed by atoms with Crippen LogP contribution < -0.4 is 4.90 Å². The molecule has 0 N–H and O–H groups in total. The first kappa shape index (κ1) is 16.1. The fourth-order valence-electron chi connectivity index (χ4n) is 4.80. The van der Waals surface area contributed by atoms with Gasteiger partial charge in [-0.1, -0.05) is 0 Å². The Labute approximate surface area is 139 Å². The number of pyridine rings is 1. The van der Waals surface area contributed by atoms with E-state index >= 15 is 0 Å². The zero-order valence-corrected chi connectivity index (χ0v) is 13.9. The quantitative estimate of drug-likeness (QED) is 0.845. The number of alkyl halides is 3. The molecule has 4 heterocycles. The van der Waals surface area contributed by atoms with Gasteiger partial charge in [-0.2, -0.15) is 13.2 Å². The maximum atomic E-state index is 13.0. The van der Waals surface area contributed by atoms with E-state index in [1.807, 2.05) is 4.90 Å². The van der Waals surface area contributed by atoms with Gasteiger partial charge in [-0.15, -0.1) is 0 Å². The van der Waals surface area contributed by atoms with Crippen LogP contribution in [0.25, 0.3) is 0 Å². The van der Waals surface area contributed by atoms with Gasteiger partial charge in [-0.05, 0) is 39.1 Å². The summed E-state index contributed by atoms with van der Waals surface area (Å²) < 4.78 is 45.2. The van der Waals surface area contributed by atoms with Gasteiger partial charge >= 0.3 is 6.18 Å². The van der Waals surface area contributed by atoms with E-state index in [0.29, 0.717) is 30.3 Å². The first-order chi connectivity index (χ1) is 11.3. The Morgan fingerprint density at radius 1 is 1.42 bits per heavy atom. The lowest BCUT2D eigenvalue weighted by Gasteiger charge is -2.30. The highest BCUT2D eigenvalue weighted by molar-refractivity contribution is 5.45. The Kier molecular flexibility index (Phi) is 3.58. The number of anilines is 1. The summed E-state index contributed by atoms with van der Waals surface area (Å²) in [7, 11) is 4.11. The van der Waals surface area contributed by atoms with E-state index < -0.39 is 11.7 Å². The summed E-state index contributed by atoms with van der Waals surface area (Å²) in [6.07, 6.45) is -0.734. The molecule has 7 heteroatoms. The first-order valence-corrected chi connectivity index (χ1v) is 8.39. The Balaban J connectivity index is 1.58. The smallest absolute Gasteiger partial charge is 0.369 e. The van der Waals surface area contributed by atoms with Crippen LogP contribution in [-0.2, 0) is 10.9 Å². The summed E-state index contributed by atoms with van der Waals surface area (Å²) in [5, 5.41) is 0. The monoisotopic (exact) mass is 341 g/mol. The highest BCUT2D eigenvalue weighted by Crippen LogP contribution is 2.55. The molecular formula is C17H22F3N3O. The summed E-state index contributed by atoms with van der Waals surface area (Å²) in [4.78, 5) is 8.34. The maximum absolute atomic E-state index is 13.0. The van der Waals surface area contributed by atoms with Crippen molar-refractivity contribution in [3.05, 3.63) is 23.9 Å². The summed E-state index contributed by atoms with van der Waals surface area (Å²) in [6, 6.07) is 2.18. The van der Waals surface area contributed by atoms with Crippen LogP contribution in [0.15, 0.2) is 18.3 Å². The predicted octanol–water partition coefficient (Wildman–Crippen LogP) is 2.65. The number of hydrogen-bond donors (Lipinski definition) is 0. The summed E-state index contributed by atoms with van der Waals surface area (Å²) >= 11 is 0. The molecule has 2 bridgehead atoms. The molecule has 24 heavy (non-hydrogen) atoms. The molecule has 1 aromatic heterocycles. The van der Waals surface area contributed by atoms with Crippen LogP contribution in [-0.4, -0.2) is 55.3 Å². The average molecular weight is 341 g/mol. The van der Waals surface area contributed by atoms with Crippen LogP contribution >= 0.6 is 0 Å². The molecule has 4 atom stereocenters. The molecule has 0 unspecified atom stereocenters. The van der Waals surface area contributed by atoms with Gasteiger partial charge in [0.1, 0.15) is 5.82 Å². The molecule has 0 aliphatic carbocycles. The molecule has 3 aliphatic rings. The van der Waals surface area contributed by atoms with E-state index in [9.17, 15) is 13.2 Å². The van der Waals surface area contributed by atoms with Crippen LogP contribution in [0.2, 0.25) is 0 Å². The van der Waals surface area contributed by atoms with Crippen molar-refractivity contribution in [3.63, 3.8) is 0 Å². The third-order valence-corrected chi connectivity index (χ3v) is 5.76. The highest BCUT2D eigenvalue weighted by atomic mass is 19.4. The fraction of sp³-hybridized carbons (Fsp3) is 0.706. The summed E-state index contributed by atoms with van der Waals surface area (Å²) in [5.74, 6) is 1.23. The zero-order valence-electron chi connectivity index (χ0n) is 13.9. The van der Waals surface area contributed by atoms with E-state index in [0.717, 1.165) is 38.1 Å². The first-order valence-electron chi connectivity index (χ1n) is 8.39. The molecular weight excluding hydrogens is 319 g/mol. The number of rotatable bonds is 3. The molecule has 132 valence electrons. The van der Waals surface area contributed by atoms with Crippen molar-refractivity contribution in [2.45, 2.75) is 30.7 Å². The second-order valence-electron chi connectivity index (χ2n) is 7.57. The molecule has 1 spiro atoms. The van der Waals surface area contributed by atoms with Crippen molar-refractivity contribution in [2.24, 2.45) is 11.8 Å². The van der Waals surface area contributed by atoms with Crippen LogP contribution in [0.3, 0.4) is 0 Å². The zero-order chi connectivity index (χ0) is 17.1. The van der Waals surface area contributed by atoms with Gasteiger partial charge in [0.15, 0.2) is 0 Å². The average Bonchev–Trinajstić information content (AvgIpc) is 3.16. The van der Waals surface area contributed by atoms with Crippen LogP contribution in [0.5, 0.6) is 0 Å². The standard InChI is InChI=1S/C17H22F3N3O/c1-22(2)8-12-13-9-23(10-16(13)5-3-14(12)24-16)15-7-11(4-6-21-15)17(18,19)20/h4,6-7,12-14H,3,5,8-10H2,1-2H3/t12-,13+,14+,16+/m0/s1. The Morgan fingerprint density at radius 2 is 2.21 bits per heavy atom.